The highest BCUT2D eigenvalue weighted by molar-refractivity contribution is 5.96. The molecule has 4 amide bonds. The van der Waals surface area contributed by atoms with Crippen molar-refractivity contribution in [2.24, 2.45) is 5.84 Å². The summed E-state index contributed by atoms with van der Waals surface area (Å²) in [4.78, 5) is 24.3. The van der Waals surface area contributed by atoms with E-state index in [1.165, 1.54) is 0 Å². The molecule has 7 nitrogen and oxygen atoms in total. The van der Waals surface area contributed by atoms with Crippen LogP contribution in [0.2, 0.25) is 0 Å². The molecule has 1 fully saturated rings. The molecule has 0 saturated carbocycles. The highest BCUT2D eigenvalue weighted by Gasteiger charge is 2.37. The summed E-state index contributed by atoms with van der Waals surface area (Å²) in [7, 11) is 0. The molecular weight excluding hydrogens is 198 g/mol. The third-order valence-electron chi connectivity index (χ3n) is 2.10. The maximum atomic E-state index is 11.7. The molecule has 86 valence electrons. The van der Waals surface area contributed by atoms with E-state index in [0.29, 0.717) is 6.54 Å². The number of rotatable bonds is 3. The first-order valence-corrected chi connectivity index (χ1v) is 4.90. The zero-order valence-corrected chi connectivity index (χ0v) is 9.15. The molecular formula is C8H17N5O2. The maximum absolute atomic E-state index is 11.7. The Bertz CT molecular complexity index is 268. The number of amides is 4. The molecule has 15 heavy (non-hydrogen) atoms. The van der Waals surface area contributed by atoms with Crippen molar-refractivity contribution in [2.45, 2.75) is 33.1 Å². The molecule has 0 bridgehead atoms. The lowest BCUT2D eigenvalue weighted by atomic mass is 10.3. The van der Waals surface area contributed by atoms with Crippen molar-refractivity contribution in [3.8, 4) is 0 Å². The minimum atomic E-state index is -0.634. The summed E-state index contributed by atoms with van der Waals surface area (Å²) in [6.07, 6.45) is -0.634. The molecule has 0 spiro atoms. The van der Waals surface area contributed by atoms with E-state index in [1.807, 2.05) is 6.92 Å². The van der Waals surface area contributed by atoms with Gasteiger partial charge < -0.3 is 5.32 Å². The standard InChI is InChI=1S/C8H17N5O2/c1-4-10-6-11-7(14)12(5(2)3)8(15)13(6)9/h5-6,10H,4,9H2,1-3H3,(H,11,14). The molecule has 1 saturated heterocycles. The summed E-state index contributed by atoms with van der Waals surface area (Å²) in [6, 6.07) is -1.14. The summed E-state index contributed by atoms with van der Waals surface area (Å²) in [5.74, 6) is 5.56. The van der Waals surface area contributed by atoms with Crippen LogP contribution < -0.4 is 16.5 Å². The fourth-order valence-corrected chi connectivity index (χ4v) is 1.38. The van der Waals surface area contributed by atoms with Gasteiger partial charge in [0.2, 0.25) is 0 Å². The zero-order chi connectivity index (χ0) is 11.6. The molecule has 7 heteroatoms. The Morgan fingerprint density at radius 3 is 2.60 bits per heavy atom. The van der Waals surface area contributed by atoms with Gasteiger partial charge in [0.1, 0.15) is 0 Å². The van der Waals surface area contributed by atoms with Crippen LogP contribution in [0.15, 0.2) is 0 Å². The highest BCUT2D eigenvalue weighted by atomic mass is 16.2. The Balaban J connectivity index is 2.79. The van der Waals surface area contributed by atoms with E-state index in [4.69, 9.17) is 5.84 Å². The van der Waals surface area contributed by atoms with Crippen molar-refractivity contribution >= 4 is 12.1 Å². The first-order chi connectivity index (χ1) is 6.99. The van der Waals surface area contributed by atoms with Crippen molar-refractivity contribution < 1.29 is 9.59 Å². The lowest BCUT2D eigenvalue weighted by Crippen LogP contribution is -2.72. The molecule has 1 heterocycles. The number of nitrogens with two attached hydrogens (primary N) is 1. The predicted octanol–water partition coefficient (Wildman–Crippen LogP) is -0.391. The quantitative estimate of drug-likeness (QED) is 0.441. The zero-order valence-electron chi connectivity index (χ0n) is 9.15. The lowest BCUT2D eigenvalue weighted by molar-refractivity contribution is 0.0824. The summed E-state index contributed by atoms with van der Waals surface area (Å²) in [5, 5.41) is 6.44. The second-order valence-corrected chi connectivity index (χ2v) is 3.56. The van der Waals surface area contributed by atoms with Gasteiger partial charge in [-0.3, -0.25) is 5.32 Å². The first-order valence-electron chi connectivity index (χ1n) is 4.90. The number of urea groups is 2. The van der Waals surface area contributed by atoms with E-state index in [9.17, 15) is 9.59 Å². The molecule has 0 radical (unpaired) electrons. The third-order valence-corrected chi connectivity index (χ3v) is 2.10. The van der Waals surface area contributed by atoms with Crippen LogP contribution in [-0.2, 0) is 0 Å². The Morgan fingerprint density at radius 2 is 2.13 bits per heavy atom. The van der Waals surface area contributed by atoms with Gasteiger partial charge >= 0.3 is 12.1 Å². The number of nitrogens with zero attached hydrogens (tertiary/aromatic N) is 2. The molecule has 0 aromatic heterocycles. The SMILES string of the molecule is CCNC1NC(=O)N(C(C)C)C(=O)N1N. The second kappa shape index (κ2) is 4.45. The van der Waals surface area contributed by atoms with E-state index >= 15 is 0 Å². The number of carbonyl (C=O) groups is 2. The van der Waals surface area contributed by atoms with E-state index in [0.717, 1.165) is 9.91 Å². The lowest BCUT2D eigenvalue weighted by Gasteiger charge is -2.39. The highest BCUT2D eigenvalue weighted by Crippen LogP contribution is 2.09. The molecule has 4 N–H and O–H groups in total. The van der Waals surface area contributed by atoms with Gasteiger partial charge in [-0.25, -0.2) is 25.3 Å². The van der Waals surface area contributed by atoms with Gasteiger partial charge in [0.15, 0.2) is 6.29 Å². The first kappa shape index (κ1) is 11.7. The minimum absolute atomic E-state index is 0.217. The summed E-state index contributed by atoms with van der Waals surface area (Å²) >= 11 is 0. The van der Waals surface area contributed by atoms with Crippen LogP contribution in [0.5, 0.6) is 0 Å². The van der Waals surface area contributed by atoms with Gasteiger partial charge in [-0.2, -0.15) is 0 Å². The van der Waals surface area contributed by atoms with Gasteiger partial charge in [-0.15, -0.1) is 0 Å². The Labute approximate surface area is 88.5 Å². The van der Waals surface area contributed by atoms with E-state index in [2.05, 4.69) is 10.6 Å². The van der Waals surface area contributed by atoms with Gasteiger partial charge in [-0.1, -0.05) is 6.92 Å². The monoisotopic (exact) mass is 215 g/mol. The van der Waals surface area contributed by atoms with E-state index in [1.54, 1.807) is 13.8 Å². The Morgan fingerprint density at radius 1 is 1.53 bits per heavy atom. The normalized spacial score (nSPS) is 22.3. The van der Waals surface area contributed by atoms with Crippen molar-refractivity contribution in [1.29, 1.82) is 0 Å². The Kier molecular flexibility index (Phi) is 3.48. The van der Waals surface area contributed by atoms with E-state index < -0.39 is 18.4 Å². The van der Waals surface area contributed by atoms with Gasteiger partial charge in [-0.05, 0) is 20.4 Å². The molecule has 0 aromatic rings. The summed E-state index contributed by atoms with van der Waals surface area (Å²) in [6.45, 7) is 5.96. The van der Waals surface area contributed by atoms with Crippen LogP contribution in [0, 0.1) is 0 Å². The summed E-state index contributed by atoms with van der Waals surface area (Å²) in [5.41, 5.74) is 0. The van der Waals surface area contributed by atoms with E-state index in [-0.39, 0.29) is 6.04 Å². The van der Waals surface area contributed by atoms with Crippen molar-refractivity contribution in [1.82, 2.24) is 20.5 Å². The average Bonchev–Trinajstić information content (AvgIpc) is 2.13. The average molecular weight is 215 g/mol. The number of hydrogen-bond donors (Lipinski definition) is 3. The van der Waals surface area contributed by atoms with Gasteiger partial charge in [0.25, 0.3) is 0 Å². The molecule has 1 atom stereocenters. The number of carbonyl (C=O) groups excluding carboxylic acids is 2. The van der Waals surface area contributed by atoms with Crippen LogP contribution in [0.3, 0.4) is 0 Å². The predicted molar refractivity (Wildman–Crippen MR) is 54.4 cm³/mol. The van der Waals surface area contributed by atoms with Crippen LogP contribution in [0.25, 0.3) is 0 Å². The summed E-state index contributed by atoms with van der Waals surface area (Å²) < 4.78 is 0. The van der Waals surface area contributed by atoms with Crippen molar-refractivity contribution in [3.63, 3.8) is 0 Å². The number of imide groups is 1. The minimum Gasteiger partial charge on any atom is -0.303 e. The van der Waals surface area contributed by atoms with Gasteiger partial charge in [0, 0.05) is 6.04 Å². The van der Waals surface area contributed by atoms with Crippen LogP contribution in [-0.4, -0.2) is 40.8 Å². The molecule has 1 rings (SSSR count). The molecule has 1 unspecified atom stereocenters. The number of hydrogen-bond acceptors (Lipinski definition) is 4. The maximum Gasteiger partial charge on any atom is 0.345 e. The largest absolute Gasteiger partial charge is 0.345 e. The fourth-order valence-electron chi connectivity index (χ4n) is 1.38. The van der Waals surface area contributed by atoms with Crippen LogP contribution in [0.4, 0.5) is 9.59 Å². The topological polar surface area (TPSA) is 90.7 Å². The van der Waals surface area contributed by atoms with Crippen molar-refractivity contribution in [3.05, 3.63) is 0 Å². The van der Waals surface area contributed by atoms with Crippen LogP contribution >= 0.6 is 0 Å². The van der Waals surface area contributed by atoms with Crippen LogP contribution in [0.1, 0.15) is 20.8 Å². The molecule has 0 aliphatic carbocycles. The molecule has 0 aromatic carbocycles. The third kappa shape index (κ3) is 2.18. The Hall–Kier alpha value is -1.34. The number of hydrazine groups is 1. The smallest absolute Gasteiger partial charge is 0.303 e. The molecule has 1 aliphatic rings. The van der Waals surface area contributed by atoms with Crippen molar-refractivity contribution in [2.75, 3.05) is 6.54 Å². The second-order valence-electron chi connectivity index (χ2n) is 3.56. The number of nitrogens with one attached hydrogen (secondary N) is 2. The fraction of sp³-hybridized carbons (Fsp3) is 0.750. The van der Waals surface area contributed by atoms with Gasteiger partial charge in [0.05, 0.1) is 0 Å². The molecule has 1 aliphatic heterocycles.